The molecule has 0 bridgehead atoms. The largest absolute Gasteiger partial charge is 0.313 e. The van der Waals surface area contributed by atoms with Crippen molar-refractivity contribution in [1.82, 2.24) is 5.32 Å². The number of carbonyl (C=O) groups excluding carboxylic acids is 1. The maximum absolute atomic E-state index is 13.5. The summed E-state index contributed by atoms with van der Waals surface area (Å²) < 4.78 is 13.5. The molecule has 1 atom stereocenters. The highest BCUT2D eigenvalue weighted by molar-refractivity contribution is 6.30. The van der Waals surface area contributed by atoms with Crippen molar-refractivity contribution in [3.05, 3.63) is 34.6 Å². The van der Waals surface area contributed by atoms with Crippen LogP contribution in [0.4, 0.5) is 4.39 Å². The van der Waals surface area contributed by atoms with E-state index in [1.54, 1.807) is 6.07 Å². The Morgan fingerprint density at radius 3 is 2.42 bits per heavy atom. The van der Waals surface area contributed by atoms with Gasteiger partial charge in [-0.3, -0.25) is 4.79 Å². The summed E-state index contributed by atoms with van der Waals surface area (Å²) in [6.07, 6.45) is 0. The Morgan fingerprint density at radius 1 is 1.32 bits per heavy atom. The van der Waals surface area contributed by atoms with E-state index in [0.717, 1.165) is 0 Å². The number of hydrogen-bond donors (Lipinski definition) is 1. The summed E-state index contributed by atoms with van der Waals surface area (Å²) in [6, 6.07) is 4.86. The van der Waals surface area contributed by atoms with Gasteiger partial charge in [0.2, 0.25) is 0 Å². The molecular weight excluding hydrogens is 265 g/mol. The van der Waals surface area contributed by atoms with Gasteiger partial charge < -0.3 is 5.32 Å². The van der Waals surface area contributed by atoms with Crippen molar-refractivity contribution >= 4 is 17.4 Å². The second kappa shape index (κ2) is 7.01. The van der Waals surface area contributed by atoms with E-state index in [4.69, 9.17) is 11.6 Å². The zero-order chi connectivity index (χ0) is 14.6. The van der Waals surface area contributed by atoms with Crippen LogP contribution in [0.5, 0.6) is 0 Å². The summed E-state index contributed by atoms with van der Waals surface area (Å²) in [7, 11) is 0. The molecule has 2 nitrogen and oxygen atoms in total. The lowest BCUT2D eigenvalue weighted by Crippen LogP contribution is -2.33. The van der Waals surface area contributed by atoms with Gasteiger partial charge in [0.1, 0.15) is 11.6 Å². The van der Waals surface area contributed by atoms with E-state index in [1.807, 2.05) is 27.7 Å². The minimum absolute atomic E-state index is 0.0799. The Labute approximate surface area is 119 Å². The normalized spacial score (nSPS) is 13.1. The van der Waals surface area contributed by atoms with Crippen LogP contribution in [0, 0.1) is 11.7 Å². The number of nitrogens with one attached hydrogen (secondary N) is 1. The van der Waals surface area contributed by atoms with E-state index in [9.17, 15) is 9.18 Å². The average molecular weight is 286 g/mol. The Morgan fingerprint density at radius 2 is 1.95 bits per heavy atom. The highest BCUT2D eigenvalue weighted by atomic mass is 35.5. The first kappa shape index (κ1) is 16.1. The third-order valence-corrected chi connectivity index (χ3v) is 3.30. The number of carbonyl (C=O) groups is 1. The molecule has 19 heavy (non-hydrogen) atoms. The first-order chi connectivity index (χ1) is 8.82. The average Bonchev–Trinajstić information content (AvgIpc) is 2.33. The molecular formula is C15H21ClFNO. The van der Waals surface area contributed by atoms with Crippen LogP contribution < -0.4 is 5.32 Å². The minimum Gasteiger partial charge on any atom is -0.313 e. The number of halogens is 2. The molecule has 0 aliphatic heterocycles. The summed E-state index contributed by atoms with van der Waals surface area (Å²) in [6.45, 7) is 8.25. The molecule has 0 aliphatic carbocycles. The van der Waals surface area contributed by atoms with Gasteiger partial charge in [-0.05, 0) is 17.7 Å². The van der Waals surface area contributed by atoms with Gasteiger partial charge in [0.15, 0.2) is 0 Å². The van der Waals surface area contributed by atoms with Crippen molar-refractivity contribution in [2.24, 2.45) is 5.92 Å². The molecule has 0 saturated heterocycles. The molecule has 0 fully saturated rings. The second-order valence-corrected chi connectivity index (χ2v) is 5.75. The molecule has 0 aliphatic rings. The van der Waals surface area contributed by atoms with Crippen LogP contribution in [-0.2, 0) is 4.79 Å². The van der Waals surface area contributed by atoms with E-state index < -0.39 is 5.82 Å². The lowest BCUT2D eigenvalue weighted by molar-refractivity contribution is -0.123. The molecule has 0 aromatic heterocycles. The quantitative estimate of drug-likeness (QED) is 0.862. The summed E-state index contributed by atoms with van der Waals surface area (Å²) in [5.41, 5.74) is 0.675. The van der Waals surface area contributed by atoms with Gasteiger partial charge in [-0.15, -0.1) is 0 Å². The van der Waals surface area contributed by atoms with Gasteiger partial charge in [0.05, 0.1) is 10.9 Å². The summed E-state index contributed by atoms with van der Waals surface area (Å²) in [4.78, 5) is 12.3. The molecule has 0 radical (unpaired) electrons. The Kier molecular flexibility index (Phi) is 5.95. The molecule has 106 valence electrons. The molecule has 0 amide bonds. The van der Waals surface area contributed by atoms with Crippen molar-refractivity contribution in [3.63, 3.8) is 0 Å². The van der Waals surface area contributed by atoms with E-state index in [-0.39, 0.29) is 28.7 Å². The zero-order valence-electron chi connectivity index (χ0n) is 11.8. The van der Waals surface area contributed by atoms with E-state index in [0.29, 0.717) is 12.1 Å². The first-order valence-corrected chi connectivity index (χ1v) is 6.92. The van der Waals surface area contributed by atoms with Crippen LogP contribution in [0.2, 0.25) is 5.02 Å². The van der Waals surface area contributed by atoms with Crippen LogP contribution in [-0.4, -0.2) is 18.4 Å². The van der Waals surface area contributed by atoms with E-state index in [1.165, 1.54) is 12.1 Å². The van der Waals surface area contributed by atoms with Crippen LogP contribution in [0.1, 0.15) is 39.2 Å². The predicted octanol–water partition coefficient (Wildman–Crippen LogP) is 3.79. The smallest absolute Gasteiger partial charge is 0.144 e. The van der Waals surface area contributed by atoms with Crippen LogP contribution >= 0.6 is 11.6 Å². The number of rotatable bonds is 6. The van der Waals surface area contributed by atoms with Crippen molar-refractivity contribution in [2.45, 2.75) is 39.7 Å². The summed E-state index contributed by atoms with van der Waals surface area (Å²) in [5.74, 6) is -0.799. The fourth-order valence-corrected chi connectivity index (χ4v) is 1.99. The fourth-order valence-electron chi connectivity index (χ4n) is 1.87. The van der Waals surface area contributed by atoms with Crippen LogP contribution in [0.15, 0.2) is 18.2 Å². The summed E-state index contributed by atoms with van der Waals surface area (Å²) >= 11 is 5.68. The van der Waals surface area contributed by atoms with Gasteiger partial charge in [-0.2, -0.15) is 0 Å². The second-order valence-electron chi connectivity index (χ2n) is 5.35. The number of benzene rings is 1. The molecule has 0 heterocycles. The van der Waals surface area contributed by atoms with E-state index >= 15 is 0 Å². The van der Waals surface area contributed by atoms with Gasteiger partial charge >= 0.3 is 0 Å². The molecule has 1 N–H and O–H groups in total. The maximum Gasteiger partial charge on any atom is 0.144 e. The van der Waals surface area contributed by atoms with Gasteiger partial charge in [0, 0.05) is 18.5 Å². The molecule has 0 saturated carbocycles. The Balaban J connectivity index is 3.00. The zero-order valence-corrected chi connectivity index (χ0v) is 12.6. The standard InChI is InChI=1S/C15H21ClFNO/c1-9(2)15(19)12(8-18-10(3)4)11-5-6-13(16)14(17)7-11/h5-7,9-10,12,18H,8H2,1-4H3/t12-/m1/s1. The van der Waals surface area contributed by atoms with Crippen molar-refractivity contribution in [1.29, 1.82) is 0 Å². The number of hydrogen-bond acceptors (Lipinski definition) is 2. The Hall–Kier alpha value is -0.930. The molecule has 4 heteroatoms. The van der Waals surface area contributed by atoms with Gasteiger partial charge in [-0.1, -0.05) is 45.4 Å². The molecule has 0 spiro atoms. The third kappa shape index (κ3) is 4.59. The van der Waals surface area contributed by atoms with Crippen molar-refractivity contribution < 1.29 is 9.18 Å². The third-order valence-electron chi connectivity index (χ3n) is 2.99. The van der Waals surface area contributed by atoms with Crippen molar-refractivity contribution in [3.8, 4) is 0 Å². The monoisotopic (exact) mass is 285 g/mol. The van der Waals surface area contributed by atoms with Gasteiger partial charge in [0.25, 0.3) is 0 Å². The first-order valence-electron chi connectivity index (χ1n) is 6.55. The highest BCUT2D eigenvalue weighted by Gasteiger charge is 2.23. The SMILES string of the molecule is CC(C)NC[C@@H](C(=O)C(C)C)c1ccc(Cl)c(F)c1. The lowest BCUT2D eigenvalue weighted by atomic mass is 9.88. The summed E-state index contributed by atoms with van der Waals surface area (Å²) in [5, 5.41) is 3.32. The van der Waals surface area contributed by atoms with Crippen LogP contribution in [0.3, 0.4) is 0 Å². The lowest BCUT2D eigenvalue weighted by Gasteiger charge is -2.20. The molecule has 1 aromatic carbocycles. The van der Waals surface area contributed by atoms with Crippen LogP contribution in [0.25, 0.3) is 0 Å². The van der Waals surface area contributed by atoms with E-state index in [2.05, 4.69) is 5.32 Å². The predicted molar refractivity (Wildman–Crippen MR) is 77.1 cm³/mol. The minimum atomic E-state index is -0.481. The molecule has 0 unspecified atom stereocenters. The highest BCUT2D eigenvalue weighted by Crippen LogP contribution is 2.24. The van der Waals surface area contributed by atoms with Crippen molar-refractivity contribution in [2.75, 3.05) is 6.54 Å². The molecule has 1 rings (SSSR count). The number of ketones is 1. The molecule has 1 aromatic rings. The van der Waals surface area contributed by atoms with Gasteiger partial charge in [-0.25, -0.2) is 4.39 Å². The number of Topliss-reactive ketones (excluding diaryl/α,β-unsaturated/α-hetero) is 1. The topological polar surface area (TPSA) is 29.1 Å². The maximum atomic E-state index is 13.5. The fraction of sp³-hybridized carbons (Fsp3) is 0.533. The Bertz CT molecular complexity index is 446.